The van der Waals surface area contributed by atoms with Gasteiger partial charge in [-0.3, -0.25) is 14.4 Å². The second-order valence-electron chi connectivity index (χ2n) is 5.40. The first-order valence-electron chi connectivity index (χ1n) is 6.61. The number of Topliss-reactive ketones (excluding diaryl/α,β-unsaturated/α-hetero) is 1. The molecule has 2 aliphatic rings. The highest BCUT2D eigenvalue weighted by Gasteiger charge is 2.36. The first-order valence-corrected chi connectivity index (χ1v) is 6.61. The molecule has 1 atom stereocenters. The van der Waals surface area contributed by atoms with E-state index in [-0.39, 0.29) is 29.9 Å². The van der Waals surface area contributed by atoms with Crippen molar-refractivity contribution in [3.05, 3.63) is 0 Å². The molecule has 5 heteroatoms. The molecule has 1 saturated carbocycles. The van der Waals surface area contributed by atoms with Crippen LogP contribution in [0.25, 0.3) is 0 Å². The molecule has 1 unspecified atom stereocenters. The van der Waals surface area contributed by atoms with Crippen LogP contribution >= 0.6 is 0 Å². The normalized spacial score (nSPS) is 22.9. The van der Waals surface area contributed by atoms with E-state index in [1.54, 1.807) is 0 Å². The van der Waals surface area contributed by atoms with Gasteiger partial charge in [-0.25, -0.2) is 0 Å². The lowest BCUT2D eigenvalue weighted by Crippen LogP contribution is -2.34. The van der Waals surface area contributed by atoms with Crippen LogP contribution in [0.3, 0.4) is 0 Å². The third-order valence-electron chi connectivity index (χ3n) is 3.52. The summed E-state index contributed by atoms with van der Waals surface area (Å²) < 4.78 is 0. The van der Waals surface area contributed by atoms with E-state index >= 15 is 0 Å². The smallest absolute Gasteiger partial charge is 0.227 e. The van der Waals surface area contributed by atoms with Crippen LogP contribution in [0.15, 0.2) is 0 Å². The Morgan fingerprint density at radius 2 is 1.94 bits per heavy atom. The molecule has 2 rings (SSSR count). The Bertz CT molecular complexity index is 363. The van der Waals surface area contributed by atoms with E-state index in [1.807, 2.05) is 4.90 Å². The standard InChI is InChI=1S/C13H20N2O3/c1-9(16)6-12(17)14-7-10-4-5-15(8-10)13(18)11-2-3-11/h10-11H,2-8H2,1H3,(H,14,17). The zero-order valence-electron chi connectivity index (χ0n) is 10.8. The predicted molar refractivity (Wildman–Crippen MR) is 65.7 cm³/mol. The summed E-state index contributed by atoms with van der Waals surface area (Å²) >= 11 is 0. The van der Waals surface area contributed by atoms with Crippen molar-refractivity contribution in [3.8, 4) is 0 Å². The maximum absolute atomic E-state index is 11.8. The predicted octanol–water partition coefficient (Wildman–Crippen LogP) is 0.340. The average Bonchev–Trinajstić information content (AvgIpc) is 3.04. The molecule has 0 radical (unpaired) electrons. The highest BCUT2D eigenvalue weighted by atomic mass is 16.2. The van der Waals surface area contributed by atoms with Gasteiger partial charge < -0.3 is 10.2 Å². The fourth-order valence-electron chi connectivity index (χ4n) is 2.33. The highest BCUT2D eigenvalue weighted by molar-refractivity contribution is 5.96. The fraction of sp³-hybridized carbons (Fsp3) is 0.769. The molecule has 1 heterocycles. The van der Waals surface area contributed by atoms with Crippen LogP contribution in [0.5, 0.6) is 0 Å². The van der Waals surface area contributed by atoms with Crippen LogP contribution in [-0.4, -0.2) is 42.1 Å². The van der Waals surface area contributed by atoms with Crippen molar-refractivity contribution < 1.29 is 14.4 Å². The first-order chi connectivity index (χ1) is 8.56. The van der Waals surface area contributed by atoms with Gasteiger partial charge in [0.25, 0.3) is 0 Å². The third-order valence-corrected chi connectivity index (χ3v) is 3.52. The van der Waals surface area contributed by atoms with E-state index in [4.69, 9.17) is 0 Å². The van der Waals surface area contributed by atoms with Crippen molar-refractivity contribution >= 4 is 17.6 Å². The fourth-order valence-corrected chi connectivity index (χ4v) is 2.33. The van der Waals surface area contributed by atoms with Gasteiger partial charge in [0.15, 0.2) is 0 Å². The maximum atomic E-state index is 11.8. The minimum Gasteiger partial charge on any atom is -0.355 e. The van der Waals surface area contributed by atoms with Crippen LogP contribution in [0.4, 0.5) is 0 Å². The Morgan fingerprint density at radius 3 is 2.56 bits per heavy atom. The Labute approximate surface area is 107 Å². The summed E-state index contributed by atoms with van der Waals surface area (Å²) in [6, 6.07) is 0. The van der Waals surface area contributed by atoms with Crippen LogP contribution in [0.2, 0.25) is 0 Å². The summed E-state index contributed by atoms with van der Waals surface area (Å²) in [4.78, 5) is 35.8. The minimum atomic E-state index is -0.213. The summed E-state index contributed by atoms with van der Waals surface area (Å²) in [6.07, 6.45) is 2.97. The summed E-state index contributed by atoms with van der Waals surface area (Å²) in [6.45, 7) is 3.53. The zero-order chi connectivity index (χ0) is 13.1. The van der Waals surface area contributed by atoms with Gasteiger partial charge in [0.1, 0.15) is 5.78 Å². The lowest BCUT2D eigenvalue weighted by Gasteiger charge is -2.16. The summed E-state index contributed by atoms with van der Waals surface area (Å²) in [5.74, 6) is 0.561. The highest BCUT2D eigenvalue weighted by Crippen LogP contribution is 2.32. The second kappa shape index (κ2) is 5.50. The molecule has 1 aliphatic heterocycles. The molecule has 0 aromatic heterocycles. The van der Waals surface area contributed by atoms with Crippen molar-refractivity contribution in [2.45, 2.75) is 32.6 Å². The topological polar surface area (TPSA) is 66.5 Å². The number of hydrogen-bond donors (Lipinski definition) is 1. The molecule has 2 amide bonds. The molecular formula is C13H20N2O3. The van der Waals surface area contributed by atoms with Gasteiger partial charge in [-0.1, -0.05) is 0 Å². The third kappa shape index (κ3) is 3.55. The van der Waals surface area contributed by atoms with E-state index < -0.39 is 0 Å². The van der Waals surface area contributed by atoms with Crippen LogP contribution < -0.4 is 5.32 Å². The number of carbonyl (C=O) groups is 3. The van der Waals surface area contributed by atoms with Crippen molar-refractivity contribution in [3.63, 3.8) is 0 Å². The van der Waals surface area contributed by atoms with Crippen LogP contribution in [0.1, 0.15) is 32.6 Å². The molecule has 0 spiro atoms. The van der Waals surface area contributed by atoms with Gasteiger partial charge in [-0.2, -0.15) is 0 Å². The van der Waals surface area contributed by atoms with Gasteiger partial charge in [0.2, 0.25) is 11.8 Å². The molecule has 0 aromatic carbocycles. The minimum absolute atomic E-state index is 0.0442. The van der Waals surface area contributed by atoms with Crippen molar-refractivity contribution in [2.24, 2.45) is 11.8 Å². The van der Waals surface area contributed by atoms with E-state index in [9.17, 15) is 14.4 Å². The van der Waals surface area contributed by atoms with Crippen LogP contribution in [-0.2, 0) is 14.4 Å². The van der Waals surface area contributed by atoms with Crippen molar-refractivity contribution in [1.82, 2.24) is 10.2 Å². The van der Waals surface area contributed by atoms with Gasteiger partial charge in [-0.15, -0.1) is 0 Å². The van der Waals surface area contributed by atoms with E-state index in [0.717, 1.165) is 32.4 Å². The molecule has 1 aliphatic carbocycles. The first kappa shape index (κ1) is 13.1. The lowest BCUT2D eigenvalue weighted by molar-refractivity contribution is -0.131. The van der Waals surface area contributed by atoms with Crippen molar-refractivity contribution in [2.75, 3.05) is 19.6 Å². The van der Waals surface area contributed by atoms with E-state index in [2.05, 4.69) is 5.32 Å². The monoisotopic (exact) mass is 252 g/mol. The van der Waals surface area contributed by atoms with Gasteiger partial charge in [0, 0.05) is 25.6 Å². The van der Waals surface area contributed by atoms with Gasteiger partial charge in [0.05, 0.1) is 6.42 Å². The summed E-state index contributed by atoms with van der Waals surface area (Å²) in [5.41, 5.74) is 0. The molecule has 2 fully saturated rings. The number of carbonyl (C=O) groups excluding carboxylic acids is 3. The molecule has 0 bridgehead atoms. The molecule has 18 heavy (non-hydrogen) atoms. The number of amides is 2. The largest absolute Gasteiger partial charge is 0.355 e. The number of ketones is 1. The number of nitrogens with one attached hydrogen (secondary N) is 1. The molecule has 0 aromatic rings. The zero-order valence-corrected chi connectivity index (χ0v) is 10.8. The van der Waals surface area contributed by atoms with Crippen LogP contribution in [0, 0.1) is 11.8 Å². The number of likely N-dealkylation sites (tertiary alicyclic amines) is 1. The van der Waals surface area contributed by atoms with Gasteiger partial charge >= 0.3 is 0 Å². The second-order valence-corrected chi connectivity index (χ2v) is 5.40. The Morgan fingerprint density at radius 1 is 1.22 bits per heavy atom. The Hall–Kier alpha value is -1.39. The van der Waals surface area contributed by atoms with E-state index in [1.165, 1.54) is 6.92 Å². The Balaban J connectivity index is 1.67. The average molecular weight is 252 g/mol. The van der Waals surface area contributed by atoms with Crippen molar-refractivity contribution in [1.29, 1.82) is 0 Å². The quantitative estimate of drug-likeness (QED) is 0.717. The summed E-state index contributed by atoms with van der Waals surface area (Å²) in [7, 11) is 0. The lowest BCUT2D eigenvalue weighted by atomic mass is 10.1. The Kier molecular flexibility index (Phi) is 3.99. The SMILES string of the molecule is CC(=O)CC(=O)NCC1CCN(C(=O)C2CC2)C1. The molecular weight excluding hydrogens is 232 g/mol. The molecule has 1 N–H and O–H groups in total. The van der Waals surface area contributed by atoms with E-state index in [0.29, 0.717) is 12.5 Å². The number of hydrogen-bond acceptors (Lipinski definition) is 3. The summed E-state index contributed by atoms with van der Waals surface area (Å²) in [5, 5.41) is 2.76. The van der Waals surface area contributed by atoms with Gasteiger partial charge in [-0.05, 0) is 32.1 Å². The molecule has 5 nitrogen and oxygen atoms in total. The molecule has 100 valence electrons. The molecule has 1 saturated heterocycles. The number of nitrogens with zero attached hydrogens (tertiary/aromatic N) is 1. The maximum Gasteiger partial charge on any atom is 0.227 e. The number of rotatable bonds is 5.